The van der Waals surface area contributed by atoms with Crippen LogP contribution in [0.4, 0.5) is 0 Å². The number of hydrogen-bond donors (Lipinski definition) is 0. The number of benzene rings is 1. The first-order valence-electron chi connectivity index (χ1n) is 12.0. The van der Waals surface area contributed by atoms with Crippen molar-refractivity contribution in [2.75, 3.05) is 26.2 Å². The Morgan fingerprint density at radius 1 is 0.970 bits per heavy atom. The lowest BCUT2D eigenvalue weighted by atomic mass is 9.90. The van der Waals surface area contributed by atoms with E-state index in [2.05, 4.69) is 55.3 Å². The van der Waals surface area contributed by atoms with Gasteiger partial charge in [-0.25, -0.2) is 4.52 Å². The summed E-state index contributed by atoms with van der Waals surface area (Å²) in [7, 11) is 0. The molecular formula is C27H34N4O2. The summed E-state index contributed by atoms with van der Waals surface area (Å²) in [6.07, 6.45) is 9.91. The van der Waals surface area contributed by atoms with Crippen LogP contribution in [0, 0.1) is 13.8 Å². The molecule has 2 saturated heterocycles. The maximum atomic E-state index is 12.9. The predicted molar refractivity (Wildman–Crippen MR) is 130 cm³/mol. The standard InChI is InChI=1S/C19H24N4O2.C8H10/c24-14-21-9-4-15(5-10-21)16-6-11-23-18(12-16)17(13-20-23)19(25)22-7-2-1-3-8-22;1-7-4-3-5-8(2)6-7/h6,11-15H,1-5,7-10H2;3-6H,1-2H3. The minimum Gasteiger partial charge on any atom is -0.345 e. The molecule has 0 bridgehead atoms. The molecule has 6 nitrogen and oxygen atoms in total. The highest BCUT2D eigenvalue weighted by molar-refractivity contribution is 6.00. The molecule has 1 aromatic carbocycles. The normalized spacial score (nSPS) is 16.9. The van der Waals surface area contributed by atoms with E-state index in [-0.39, 0.29) is 5.91 Å². The Morgan fingerprint density at radius 2 is 1.67 bits per heavy atom. The van der Waals surface area contributed by atoms with Crippen molar-refractivity contribution < 1.29 is 9.59 Å². The third kappa shape index (κ3) is 5.62. The van der Waals surface area contributed by atoms with Crippen molar-refractivity contribution in [3.8, 4) is 0 Å². The van der Waals surface area contributed by atoms with Gasteiger partial charge in [0, 0.05) is 32.4 Å². The summed E-state index contributed by atoms with van der Waals surface area (Å²) < 4.78 is 1.79. The van der Waals surface area contributed by atoms with Crippen LogP contribution in [0.3, 0.4) is 0 Å². The number of aryl methyl sites for hydroxylation is 2. The SMILES string of the molecule is Cc1cccc(C)c1.O=CN1CCC(c2ccn3ncc(C(=O)N4CCCCC4)c3c2)CC1. The summed E-state index contributed by atoms with van der Waals surface area (Å²) in [5, 5.41) is 4.36. The summed E-state index contributed by atoms with van der Waals surface area (Å²) in [6.45, 7) is 7.51. The van der Waals surface area contributed by atoms with E-state index in [4.69, 9.17) is 0 Å². The number of piperidine rings is 2. The van der Waals surface area contributed by atoms with Crippen molar-refractivity contribution >= 4 is 17.8 Å². The van der Waals surface area contributed by atoms with Gasteiger partial charge in [0.25, 0.3) is 5.91 Å². The number of fused-ring (bicyclic) bond motifs is 1. The van der Waals surface area contributed by atoms with Gasteiger partial charge in [0.1, 0.15) is 0 Å². The van der Waals surface area contributed by atoms with E-state index >= 15 is 0 Å². The molecule has 0 aliphatic carbocycles. The highest BCUT2D eigenvalue weighted by atomic mass is 16.2. The number of pyridine rings is 1. The lowest BCUT2D eigenvalue weighted by Gasteiger charge is -2.29. The first kappa shape index (κ1) is 23.0. The molecule has 0 spiro atoms. The molecule has 2 fully saturated rings. The van der Waals surface area contributed by atoms with Gasteiger partial charge in [-0.3, -0.25) is 9.59 Å². The number of aromatic nitrogens is 2. The Morgan fingerprint density at radius 3 is 2.27 bits per heavy atom. The van der Waals surface area contributed by atoms with Crippen LogP contribution >= 0.6 is 0 Å². The van der Waals surface area contributed by atoms with Crippen LogP contribution in [0.2, 0.25) is 0 Å². The maximum Gasteiger partial charge on any atom is 0.257 e. The van der Waals surface area contributed by atoms with Crippen LogP contribution in [0.25, 0.3) is 5.52 Å². The Labute approximate surface area is 196 Å². The number of carbonyl (C=O) groups excluding carboxylic acids is 2. The topological polar surface area (TPSA) is 57.9 Å². The van der Waals surface area contributed by atoms with E-state index in [1.165, 1.54) is 23.1 Å². The fraction of sp³-hybridized carbons (Fsp3) is 0.444. The molecule has 0 N–H and O–H groups in total. The Hall–Kier alpha value is -3.15. The second kappa shape index (κ2) is 10.6. The van der Waals surface area contributed by atoms with Gasteiger partial charge in [0.15, 0.2) is 0 Å². The van der Waals surface area contributed by atoms with Gasteiger partial charge in [-0.2, -0.15) is 5.10 Å². The van der Waals surface area contributed by atoms with Crippen molar-refractivity contribution in [2.45, 2.75) is 51.9 Å². The van der Waals surface area contributed by atoms with Crippen molar-refractivity contribution in [2.24, 2.45) is 0 Å². The quantitative estimate of drug-likeness (QED) is 0.553. The Kier molecular flexibility index (Phi) is 7.43. The van der Waals surface area contributed by atoms with Crippen LogP contribution in [0.1, 0.15) is 65.1 Å². The van der Waals surface area contributed by atoms with E-state index in [1.807, 2.05) is 16.0 Å². The maximum absolute atomic E-state index is 12.9. The molecule has 2 aliphatic heterocycles. The lowest BCUT2D eigenvalue weighted by molar-refractivity contribution is -0.119. The molecule has 33 heavy (non-hydrogen) atoms. The first-order chi connectivity index (χ1) is 16.0. The molecule has 3 aromatic rings. The van der Waals surface area contributed by atoms with Crippen LogP contribution < -0.4 is 0 Å². The molecule has 2 aromatic heterocycles. The highest BCUT2D eigenvalue weighted by Crippen LogP contribution is 2.29. The van der Waals surface area contributed by atoms with Crippen molar-refractivity contribution in [1.29, 1.82) is 0 Å². The lowest BCUT2D eigenvalue weighted by Crippen LogP contribution is -2.35. The summed E-state index contributed by atoms with van der Waals surface area (Å²) in [4.78, 5) is 27.5. The largest absolute Gasteiger partial charge is 0.345 e. The molecule has 5 rings (SSSR count). The first-order valence-corrected chi connectivity index (χ1v) is 12.0. The zero-order chi connectivity index (χ0) is 23.2. The zero-order valence-corrected chi connectivity index (χ0v) is 19.7. The predicted octanol–water partition coefficient (Wildman–Crippen LogP) is 4.60. The summed E-state index contributed by atoms with van der Waals surface area (Å²) in [6, 6.07) is 12.7. The van der Waals surface area contributed by atoms with Gasteiger partial charge < -0.3 is 9.80 Å². The third-order valence-electron chi connectivity index (χ3n) is 6.74. The van der Waals surface area contributed by atoms with Crippen LogP contribution in [0.15, 0.2) is 48.8 Å². The van der Waals surface area contributed by atoms with Crippen LogP contribution in [0.5, 0.6) is 0 Å². The van der Waals surface area contributed by atoms with Crippen LogP contribution in [-0.2, 0) is 4.79 Å². The number of hydrogen-bond acceptors (Lipinski definition) is 3. The second-order valence-corrected chi connectivity index (χ2v) is 9.27. The van der Waals surface area contributed by atoms with E-state index in [1.54, 1.807) is 10.7 Å². The Balaban J connectivity index is 0.000000275. The number of rotatable bonds is 3. The zero-order valence-electron chi connectivity index (χ0n) is 19.7. The number of amides is 2. The fourth-order valence-electron chi connectivity index (χ4n) is 4.83. The molecule has 0 saturated carbocycles. The third-order valence-corrected chi connectivity index (χ3v) is 6.74. The molecule has 2 amide bonds. The minimum absolute atomic E-state index is 0.0997. The van der Waals surface area contributed by atoms with Gasteiger partial charge in [-0.05, 0) is 69.6 Å². The number of carbonyl (C=O) groups is 2. The molecule has 2 aliphatic rings. The van der Waals surface area contributed by atoms with E-state index in [0.29, 0.717) is 11.5 Å². The molecule has 0 radical (unpaired) electrons. The Bertz CT molecular complexity index is 1080. The number of nitrogens with zero attached hydrogens (tertiary/aromatic N) is 4. The fourth-order valence-corrected chi connectivity index (χ4v) is 4.83. The molecule has 0 atom stereocenters. The molecular weight excluding hydrogens is 412 g/mol. The van der Waals surface area contributed by atoms with Gasteiger partial charge >= 0.3 is 0 Å². The molecule has 0 unspecified atom stereocenters. The summed E-state index contributed by atoms with van der Waals surface area (Å²) in [5.74, 6) is 0.539. The van der Waals surface area contributed by atoms with Crippen LogP contribution in [-0.4, -0.2) is 57.9 Å². The average Bonchev–Trinajstić information content (AvgIpc) is 3.28. The van der Waals surface area contributed by atoms with Crippen molar-refractivity contribution in [3.63, 3.8) is 0 Å². The van der Waals surface area contributed by atoms with Gasteiger partial charge in [0.2, 0.25) is 6.41 Å². The molecule has 4 heterocycles. The molecule has 174 valence electrons. The second-order valence-electron chi connectivity index (χ2n) is 9.27. The van der Waals surface area contributed by atoms with Gasteiger partial charge in [-0.15, -0.1) is 0 Å². The van der Waals surface area contributed by atoms with E-state index < -0.39 is 0 Å². The van der Waals surface area contributed by atoms with Gasteiger partial charge in [-0.1, -0.05) is 35.4 Å². The van der Waals surface area contributed by atoms with Crippen molar-refractivity contribution in [1.82, 2.24) is 19.4 Å². The summed E-state index contributed by atoms with van der Waals surface area (Å²) in [5.41, 5.74) is 5.52. The van der Waals surface area contributed by atoms with Crippen molar-refractivity contribution in [3.05, 3.63) is 71.0 Å². The van der Waals surface area contributed by atoms with Gasteiger partial charge in [0.05, 0.1) is 17.3 Å². The average molecular weight is 447 g/mol. The van der Waals surface area contributed by atoms with E-state index in [9.17, 15) is 9.59 Å². The van der Waals surface area contributed by atoms with E-state index in [0.717, 1.165) is 63.8 Å². The monoisotopic (exact) mass is 446 g/mol. The molecule has 6 heteroatoms. The minimum atomic E-state index is 0.0997. The summed E-state index contributed by atoms with van der Waals surface area (Å²) >= 11 is 0. The smallest absolute Gasteiger partial charge is 0.257 e. The highest BCUT2D eigenvalue weighted by Gasteiger charge is 2.24. The number of likely N-dealkylation sites (tertiary alicyclic amines) is 2.